The van der Waals surface area contributed by atoms with Gasteiger partial charge in [-0.15, -0.1) is 0 Å². The molecule has 2 aromatic rings. The lowest BCUT2D eigenvalue weighted by molar-refractivity contribution is 0.0777. The van der Waals surface area contributed by atoms with Crippen LogP contribution >= 0.6 is 15.9 Å². The molecule has 2 N–H and O–H groups in total. The molecule has 0 fully saturated rings. The van der Waals surface area contributed by atoms with Crippen molar-refractivity contribution in [2.45, 2.75) is 19.5 Å². The number of carbonyl (C=O) groups is 1. The van der Waals surface area contributed by atoms with Gasteiger partial charge in [0.05, 0.1) is 0 Å². The van der Waals surface area contributed by atoms with Crippen molar-refractivity contribution >= 4 is 21.8 Å². The Kier molecular flexibility index (Phi) is 4.07. The monoisotopic (exact) mass is 348 g/mol. The molecular formula is C15H17BrN4O. The Morgan fingerprint density at radius 2 is 2.24 bits per heavy atom. The third-order valence-corrected chi connectivity index (χ3v) is 4.49. The van der Waals surface area contributed by atoms with Crippen molar-refractivity contribution in [2.75, 3.05) is 13.6 Å². The van der Waals surface area contributed by atoms with Crippen LogP contribution in [0.3, 0.4) is 0 Å². The first-order valence-corrected chi connectivity index (χ1v) is 7.72. The van der Waals surface area contributed by atoms with Gasteiger partial charge in [0.25, 0.3) is 5.91 Å². The van der Waals surface area contributed by atoms with E-state index >= 15 is 0 Å². The molecule has 1 aromatic heterocycles. The van der Waals surface area contributed by atoms with E-state index in [0.29, 0.717) is 18.8 Å². The predicted octanol–water partition coefficient (Wildman–Crippen LogP) is 2.09. The number of carbonyl (C=O) groups excluding carboxylic acids is 1. The number of nitrogens with zero attached hydrogens (tertiary/aromatic N) is 2. The van der Waals surface area contributed by atoms with Gasteiger partial charge < -0.3 is 10.2 Å². The molecule has 0 spiro atoms. The van der Waals surface area contributed by atoms with E-state index < -0.39 is 0 Å². The molecular weight excluding hydrogens is 332 g/mol. The quantitative estimate of drug-likeness (QED) is 0.892. The summed E-state index contributed by atoms with van der Waals surface area (Å²) in [5, 5.41) is 10.5. The number of aromatic nitrogens is 2. The molecule has 0 atom stereocenters. The fourth-order valence-corrected chi connectivity index (χ4v) is 2.95. The second-order valence-corrected chi connectivity index (χ2v) is 6.06. The Balaban J connectivity index is 1.79. The van der Waals surface area contributed by atoms with E-state index in [4.69, 9.17) is 0 Å². The third kappa shape index (κ3) is 2.87. The average Bonchev–Trinajstić information content (AvgIpc) is 2.92. The van der Waals surface area contributed by atoms with Gasteiger partial charge in [0.1, 0.15) is 0 Å². The summed E-state index contributed by atoms with van der Waals surface area (Å²) < 4.78 is 1.01. The zero-order valence-corrected chi connectivity index (χ0v) is 13.4. The van der Waals surface area contributed by atoms with Crippen LogP contribution < -0.4 is 5.32 Å². The van der Waals surface area contributed by atoms with Crippen molar-refractivity contribution in [1.29, 1.82) is 0 Å². The summed E-state index contributed by atoms with van der Waals surface area (Å²) in [6.07, 6.45) is 0.892. The summed E-state index contributed by atoms with van der Waals surface area (Å²) in [6.45, 7) is 2.18. The number of halogens is 1. The van der Waals surface area contributed by atoms with E-state index in [-0.39, 0.29) is 5.91 Å². The number of aromatic amines is 1. The van der Waals surface area contributed by atoms with E-state index in [9.17, 15) is 4.79 Å². The smallest absolute Gasteiger partial charge is 0.274 e. The lowest BCUT2D eigenvalue weighted by Gasteiger charge is -2.19. The maximum Gasteiger partial charge on any atom is 0.274 e. The SMILES string of the molecule is CN(Cc1ccccc1Br)C(=O)c1n[nH]c2c1CNCC2. The predicted molar refractivity (Wildman–Crippen MR) is 83.9 cm³/mol. The van der Waals surface area contributed by atoms with Crippen LogP contribution in [-0.2, 0) is 19.5 Å². The number of hydrogen-bond donors (Lipinski definition) is 2. The molecule has 21 heavy (non-hydrogen) atoms. The molecule has 0 unspecified atom stereocenters. The van der Waals surface area contributed by atoms with Crippen molar-refractivity contribution in [3.8, 4) is 0 Å². The van der Waals surface area contributed by atoms with Crippen molar-refractivity contribution < 1.29 is 4.79 Å². The van der Waals surface area contributed by atoms with E-state index in [1.165, 1.54) is 0 Å². The highest BCUT2D eigenvalue weighted by Gasteiger charge is 2.24. The first kappa shape index (κ1) is 14.3. The van der Waals surface area contributed by atoms with Gasteiger partial charge in [-0.25, -0.2) is 0 Å². The molecule has 0 saturated carbocycles. The highest BCUT2D eigenvalue weighted by molar-refractivity contribution is 9.10. The van der Waals surface area contributed by atoms with Crippen LogP contribution in [-0.4, -0.2) is 34.6 Å². The maximum absolute atomic E-state index is 12.6. The number of rotatable bonds is 3. The summed E-state index contributed by atoms with van der Waals surface area (Å²) in [6, 6.07) is 7.92. The second-order valence-electron chi connectivity index (χ2n) is 5.21. The van der Waals surface area contributed by atoms with Gasteiger partial charge >= 0.3 is 0 Å². The molecule has 0 aliphatic carbocycles. The minimum Gasteiger partial charge on any atom is -0.336 e. The van der Waals surface area contributed by atoms with Gasteiger partial charge in [0.2, 0.25) is 0 Å². The molecule has 1 aliphatic heterocycles. The topological polar surface area (TPSA) is 61.0 Å². The molecule has 3 rings (SSSR count). The van der Waals surface area contributed by atoms with E-state index in [2.05, 4.69) is 31.4 Å². The summed E-state index contributed by atoms with van der Waals surface area (Å²) in [5.74, 6) is -0.0491. The van der Waals surface area contributed by atoms with Crippen molar-refractivity contribution in [3.05, 3.63) is 51.3 Å². The zero-order valence-electron chi connectivity index (χ0n) is 11.8. The van der Waals surface area contributed by atoms with Crippen LogP contribution in [0.4, 0.5) is 0 Å². The van der Waals surface area contributed by atoms with Crippen LogP contribution in [0.2, 0.25) is 0 Å². The van der Waals surface area contributed by atoms with E-state index in [1.807, 2.05) is 24.3 Å². The largest absolute Gasteiger partial charge is 0.336 e. The first-order chi connectivity index (χ1) is 10.2. The average molecular weight is 349 g/mol. The van der Waals surface area contributed by atoms with Crippen LogP contribution in [0.15, 0.2) is 28.7 Å². The van der Waals surface area contributed by atoms with Gasteiger partial charge in [-0.1, -0.05) is 34.1 Å². The lowest BCUT2D eigenvalue weighted by Crippen LogP contribution is -2.30. The standard InChI is InChI=1S/C15H17BrN4O/c1-20(9-10-4-2-3-5-12(10)16)15(21)14-11-8-17-7-6-13(11)18-19-14/h2-5,17H,6-9H2,1H3,(H,18,19). The Bertz CT molecular complexity index is 667. The van der Waals surface area contributed by atoms with Crippen molar-refractivity contribution in [1.82, 2.24) is 20.4 Å². The van der Waals surface area contributed by atoms with Crippen LogP contribution in [0.25, 0.3) is 0 Å². The van der Waals surface area contributed by atoms with Gasteiger partial charge in [-0.3, -0.25) is 9.89 Å². The molecule has 5 nitrogen and oxygen atoms in total. The fourth-order valence-electron chi connectivity index (χ4n) is 2.54. The second kappa shape index (κ2) is 5.99. The summed E-state index contributed by atoms with van der Waals surface area (Å²) in [7, 11) is 1.80. The van der Waals surface area contributed by atoms with Crippen LogP contribution in [0, 0.1) is 0 Å². The molecule has 0 bridgehead atoms. The molecule has 1 aromatic carbocycles. The third-order valence-electron chi connectivity index (χ3n) is 3.72. The zero-order chi connectivity index (χ0) is 14.8. The number of amides is 1. The minimum atomic E-state index is -0.0491. The fraction of sp³-hybridized carbons (Fsp3) is 0.333. The Hall–Kier alpha value is -1.66. The Morgan fingerprint density at radius 3 is 3.05 bits per heavy atom. The normalized spacial score (nSPS) is 13.8. The summed E-state index contributed by atoms with van der Waals surface area (Å²) in [4.78, 5) is 14.3. The molecule has 110 valence electrons. The number of hydrogen-bond acceptors (Lipinski definition) is 3. The van der Waals surface area contributed by atoms with Gasteiger partial charge in [-0.2, -0.15) is 5.10 Å². The lowest BCUT2D eigenvalue weighted by atomic mass is 10.1. The Morgan fingerprint density at radius 1 is 1.43 bits per heavy atom. The molecule has 0 radical (unpaired) electrons. The molecule has 1 aliphatic rings. The van der Waals surface area contributed by atoms with Gasteiger partial charge in [-0.05, 0) is 11.6 Å². The van der Waals surface area contributed by atoms with Crippen LogP contribution in [0.5, 0.6) is 0 Å². The van der Waals surface area contributed by atoms with Gasteiger partial charge in [0.15, 0.2) is 5.69 Å². The highest BCUT2D eigenvalue weighted by atomic mass is 79.9. The van der Waals surface area contributed by atoms with E-state index in [0.717, 1.165) is 34.3 Å². The summed E-state index contributed by atoms with van der Waals surface area (Å²) in [5.41, 5.74) is 3.69. The molecule has 1 amide bonds. The maximum atomic E-state index is 12.6. The summed E-state index contributed by atoms with van der Waals surface area (Å²) >= 11 is 3.51. The van der Waals surface area contributed by atoms with Crippen molar-refractivity contribution in [3.63, 3.8) is 0 Å². The minimum absolute atomic E-state index is 0.0491. The molecule has 0 saturated heterocycles. The van der Waals surface area contributed by atoms with Gasteiger partial charge in [0, 0.05) is 48.8 Å². The number of H-pyrrole nitrogens is 1. The highest BCUT2D eigenvalue weighted by Crippen LogP contribution is 2.20. The number of nitrogens with one attached hydrogen (secondary N) is 2. The molecule has 2 heterocycles. The van der Waals surface area contributed by atoms with Crippen molar-refractivity contribution in [2.24, 2.45) is 0 Å². The molecule has 6 heteroatoms. The number of benzene rings is 1. The Labute approximate surface area is 131 Å². The first-order valence-electron chi connectivity index (χ1n) is 6.92. The van der Waals surface area contributed by atoms with Crippen LogP contribution in [0.1, 0.15) is 27.3 Å². The number of fused-ring (bicyclic) bond motifs is 1. The van der Waals surface area contributed by atoms with E-state index in [1.54, 1.807) is 11.9 Å².